The van der Waals surface area contributed by atoms with Gasteiger partial charge in [-0.15, -0.1) is 15.0 Å². The van der Waals surface area contributed by atoms with Crippen LogP contribution in [-0.2, 0) is 20.7 Å². The zero-order valence-electron chi connectivity index (χ0n) is 28.9. The van der Waals surface area contributed by atoms with Crippen LogP contribution in [0.25, 0.3) is 5.69 Å². The molecule has 4 aromatic rings. The van der Waals surface area contributed by atoms with E-state index in [-0.39, 0.29) is 30.6 Å². The minimum atomic E-state index is -0.584. The van der Waals surface area contributed by atoms with Crippen molar-refractivity contribution < 1.29 is 23.9 Å². The lowest BCUT2D eigenvalue weighted by molar-refractivity contribution is -0.117. The van der Waals surface area contributed by atoms with Crippen molar-refractivity contribution in [2.24, 2.45) is 4.99 Å². The number of amides is 4. The molecule has 0 fully saturated rings. The maximum atomic E-state index is 12.7. The molecule has 3 aromatic carbocycles. The van der Waals surface area contributed by atoms with Crippen molar-refractivity contribution in [1.82, 2.24) is 30.8 Å². The van der Waals surface area contributed by atoms with E-state index < -0.39 is 17.6 Å². The number of aryl methyl sites for hydroxylation is 1. The molecule has 2 heterocycles. The Morgan fingerprint density at radius 3 is 2.49 bits per heavy atom. The molecule has 0 bridgehead atoms. The number of likely N-dealkylation sites (N-methyl/N-ethyl adjacent to an activating group) is 1. The summed E-state index contributed by atoms with van der Waals surface area (Å²) in [7, 11) is 1.73. The van der Waals surface area contributed by atoms with Crippen molar-refractivity contribution in [2.75, 3.05) is 36.9 Å². The van der Waals surface area contributed by atoms with E-state index in [9.17, 15) is 19.2 Å². The van der Waals surface area contributed by atoms with Crippen LogP contribution in [0.2, 0.25) is 5.02 Å². The molecule has 0 saturated carbocycles. The number of hydrogen-bond donors (Lipinski definition) is 3. The lowest BCUT2D eigenvalue weighted by atomic mass is 9.97. The van der Waals surface area contributed by atoms with Crippen molar-refractivity contribution in [3.63, 3.8) is 0 Å². The standard InChI is InChI=1S/C36H40ClN9O5/c1-36(2,3)51-35(50)39-19-7-11-30(47)41-26-13-15-27(16-14-26)46-43-33(42-44-46)34(49)38-18-6-9-23-8-5-10-24(20-23)32-28-21-25(37)12-17-29(28)45(4)31(48)22-40-32/h5,8,10,12-17,20-21H,6-7,9,11,18-19,22H2,1-4H3,(H,38,49)(H,39,50)(H,41,47). The van der Waals surface area contributed by atoms with Gasteiger partial charge in [0.1, 0.15) is 12.1 Å². The molecule has 4 amide bonds. The van der Waals surface area contributed by atoms with Gasteiger partial charge in [0.05, 0.1) is 17.1 Å². The first kappa shape index (κ1) is 36.6. The molecule has 0 aliphatic carbocycles. The van der Waals surface area contributed by atoms with Gasteiger partial charge in [-0.1, -0.05) is 29.8 Å². The molecule has 14 nitrogen and oxygen atoms in total. The number of carbonyl (C=O) groups is 4. The monoisotopic (exact) mass is 713 g/mol. The first-order chi connectivity index (χ1) is 24.4. The highest BCUT2D eigenvalue weighted by Crippen LogP contribution is 2.29. The van der Waals surface area contributed by atoms with Crippen LogP contribution in [0, 0.1) is 0 Å². The third kappa shape index (κ3) is 10.2. The normalized spacial score (nSPS) is 12.8. The Kier molecular flexibility index (Phi) is 11.8. The summed E-state index contributed by atoms with van der Waals surface area (Å²) in [5.41, 5.74) is 4.72. The number of aliphatic imine (C=N–C) groups is 1. The van der Waals surface area contributed by atoms with E-state index in [0.717, 1.165) is 22.4 Å². The fourth-order valence-electron chi connectivity index (χ4n) is 5.23. The number of aromatic nitrogens is 4. The fourth-order valence-corrected chi connectivity index (χ4v) is 5.40. The highest BCUT2D eigenvalue weighted by molar-refractivity contribution is 6.32. The number of fused-ring (bicyclic) bond motifs is 1. The van der Waals surface area contributed by atoms with Crippen LogP contribution in [0.1, 0.15) is 67.3 Å². The van der Waals surface area contributed by atoms with E-state index in [1.54, 1.807) is 63.1 Å². The number of benzodiazepines with no additional fused rings is 1. The molecule has 0 radical (unpaired) electrons. The smallest absolute Gasteiger partial charge is 0.407 e. The van der Waals surface area contributed by atoms with Crippen LogP contribution in [0.15, 0.2) is 71.7 Å². The third-order valence-corrected chi connectivity index (χ3v) is 7.93. The maximum Gasteiger partial charge on any atom is 0.407 e. The first-order valence-electron chi connectivity index (χ1n) is 16.5. The number of halogens is 1. The maximum absolute atomic E-state index is 12.7. The Balaban J connectivity index is 1.07. The number of rotatable bonds is 12. The second-order valence-electron chi connectivity index (χ2n) is 12.9. The van der Waals surface area contributed by atoms with Gasteiger partial charge in [-0.2, -0.15) is 0 Å². The Morgan fingerprint density at radius 2 is 1.73 bits per heavy atom. The summed E-state index contributed by atoms with van der Waals surface area (Å²) in [5.74, 6) is -0.822. The molecule has 1 aliphatic heterocycles. The van der Waals surface area contributed by atoms with Crippen LogP contribution in [0.5, 0.6) is 0 Å². The molecule has 0 unspecified atom stereocenters. The van der Waals surface area contributed by atoms with Gasteiger partial charge in [0.15, 0.2) is 0 Å². The zero-order valence-corrected chi connectivity index (χ0v) is 29.7. The summed E-state index contributed by atoms with van der Waals surface area (Å²) >= 11 is 6.31. The third-order valence-electron chi connectivity index (χ3n) is 7.70. The van der Waals surface area contributed by atoms with Crippen molar-refractivity contribution in [2.45, 2.75) is 52.1 Å². The average molecular weight is 714 g/mol. The predicted molar refractivity (Wildman–Crippen MR) is 194 cm³/mol. The van der Waals surface area contributed by atoms with Gasteiger partial charge in [-0.3, -0.25) is 19.4 Å². The second-order valence-corrected chi connectivity index (χ2v) is 13.3. The number of anilines is 2. The zero-order chi connectivity index (χ0) is 36.5. The van der Waals surface area contributed by atoms with Gasteiger partial charge >= 0.3 is 6.09 Å². The second kappa shape index (κ2) is 16.4. The van der Waals surface area contributed by atoms with Crippen LogP contribution >= 0.6 is 11.6 Å². The van der Waals surface area contributed by atoms with Gasteiger partial charge in [0.2, 0.25) is 11.8 Å². The van der Waals surface area contributed by atoms with Crippen molar-refractivity contribution in [3.8, 4) is 5.69 Å². The molecular weight excluding hydrogens is 674 g/mol. The van der Waals surface area contributed by atoms with E-state index in [4.69, 9.17) is 16.3 Å². The summed E-state index contributed by atoms with van der Waals surface area (Å²) in [4.78, 5) is 56.8. The van der Waals surface area contributed by atoms with Crippen LogP contribution < -0.4 is 20.9 Å². The number of nitrogens with zero attached hydrogens (tertiary/aromatic N) is 6. The number of ether oxygens (including phenoxy) is 1. The van der Waals surface area contributed by atoms with Gasteiger partial charge < -0.3 is 25.6 Å². The van der Waals surface area contributed by atoms with Gasteiger partial charge in [0, 0.05) is 48.4 Å². The molecule has 1 aromatic heterocycles. The van der Waals surface area contributed by atoms with E-state index >= 15 is 0 Å². The van der Waals surface area contributed by atoms with Crippen molar-refractivity contribution in [1.29, 1.82) is 0 Å². The minimum Gasteiger partial charge on any atom is -0.444 e. The average Bonchev–Trinajstić information content (AvgIpc) is 3.55. The quantitative estimate of drug-likeness (QED) is 0.177. The van der Waals surface area contributed by atoms with E-state index in [1.165, 1.54) is 4.80 Å². The summed E-state index contributed by atoms with van der Waals surface area (Å²) < 4.78 is 5.17. The highest BCUT2D eigenvalue weighted by atomic mass is 35.5. The Morgan fingerprint density at radius 1 is 0.961 bits per heavy atom. The number of benzene rings is 3. The summed E-state index contributed by atoms with van der Waals surface area (Å²) in [6.07, 6.45) is 1.50. The predicted octanol–water partition coefficient (Wildman–Crippen LogP) is 4.74. The number of hydrogen-bond acceptors (Lipinski definition) is 9. The molecule has 3 N–H and O–H groups in total. The molecule has 0 saturated heterocycles. The topological polar surface area (TPSA) is 173 Å². The molecular formula is C36H40ClN9O5. The minimum absolute atomic E-state index is 0.0375. The molecule has 0 spiro atoms. The molecule has 5 rings (SSSR count). The Bertz CT molecular complexity index is 1940. The molecule has 51 heavy (non-hydrogen) atoms. The lowest BCUT2D eigenvalue weighted by Crippen LogP contribution is -2.33. The largest absolute Gasteiger partial charge is 0.444 e. The summed E-state index contributed by atoms with van der Waals surface area (Å²) in [6, 6.07) is 20.1. The lowest BCUT2D eigenvalue weighted by Gasteiger charge is -2.19. The fraction of sp³-hybridized carbons (Fsp3) is 0.333. The Hall–Kier alpha value is -5.63. The molecule has 266 valence electrons. The van der Waals surface area contributed by atoms with Crippen molar-refractivity contribution in [3.05, 3.63) is 94.3 Å². The molecule has 1 aliphatic rings. The molecule has 15 heteroatoms. The van der Waals surface area contributed by atoms with E-state index in [0.29, 0.717) is 54.5 Å². The van der Waals surface area contributed by atoms with Crippen molar-refractivity contribution >= 4 is 52.5 Å². The number of alkyl carbamates (subject to hydrolysis) is 1. The van der Waals surface area contributed by atoms with Crippen LogP contribution in [-0.4, -0.2) is 82.0 Å². The van der Waals surface area contributed by atoms with E-state index in [1.807, 2.05) is 36.4 Å². The van der Waals surface area contributed by atoms with E-state index in [2.05, 4.69) is 36.4 Å². The SMILES string of the molecule is CN1C(=O)CN=C(c2cccc(CCCNC(=O)c3nnn(-c4ccc(NC(=O)CCCNC(=O)OC(C)(C)C)cc4)n3)c2)c2cc(Cl)ccc21. The number of carbonyl (C=O) groups excluding carboxylic acids is 4. The number of nitrogens with one attached hydrogen (secondary N) is 3. The number of tetrazole rings is 1. The Labute approximate surface area is 300 Å². The highest BCUT2D eigenvalue weighted by Gasteiger charge is 2.23. The van der Waals surface area contributed by atoms with Gasteiger partial charge in [0.25, 0.3) is 11.7 Å². The summed E-state index contributed by atoms with van der Waals surface area (Å²) in [6.45, 7) is 6.09. The molecule has 0 atom stereocenters. The first-order valence-corrected chi connectivity index (χ1v) is 16.9. The van der Waals surface area contributed by atoms with Gasteiger partial charge in [-0.25, -0.2) is 4.79 Å². The van der Waals surface area contributed by atoms with Gasteiger partial charge in [-0.05, 0) is 99.3 Å². The summed E-state index contributed by atoms with van der Waals surface area (Å²) in [5, 5.41) is 20.9. The van der Waals surface area contributed by atoms with Crippen LogP contribution in [0.4, 0.5) is 16.2 Å². The van der Waals surface area contributed by atoms with Crippen LogP contribution in [0.3, 0.4) is 0 Å².